The number of benzene rings is 2. The molecule has 0 saturated heterocycles. The summed E-state index contributed by atoms with van der Waals surface area (Å²) < 4.78 is 0. The summed E-state index contributed by atoms with van der Waals surface area (Å²) in [6, 6.07) is 18.0. The Bertz CT molecular complexity index is 569. The Morgan fingerprint density at radius 2 is 1.70 bits per heavy atom. The normalized spacial score (nSPS) is 11.1. The number of aryl methyl sites for hydroxylation is 1. The lowest BCUT2D eigenvalue weighted by atomic mass is 10.2. The highest BCUT2D eigenvalue weighted by atomic mass is 14.8. The van der Waals surface area contributed by atoms with Crippen molar-refractivity contribution >= 4 is 17.6 Å². The molecule has 2 aromatic rings. The van der Waals surface area contributed by atoms with Gasteiger partial charge in [-0.15, -0.1) is 0 Å². The second-order valence-electron chi connectivity index (χ2n) is 4.12. The highest BCUT2D eigenvalue weighted by molar-refractivity contribution is 5.96. The largest absolute Gasteiger partial charge is 0.384 e. The van der Waals surface area contributed by atoms with Crippen molar-refractivity contribution in [3.8, 4) is 0 Å². The zero-order valence-corrected chi connectivity index (χ0v) is 12.4. The molecule has 0 radical (unpaired) electrons. The number of hydrogen-bond acceptors (Lipinski definition) is 1. The SMILES string of the molecule is CC.Cc1cccc(N=C(N)/C=C/c2ccccc2)c1. The van der Waals surface area contributed by atoms with Gasteiger partial charge in [0.05, 0.1) is 5.69 Å². The number of hydrogen-bond donors (Lipinski definition) is 1. The van der Waals surface area contributed by atoms with Crippen LogP contribution >= 0.6 is 0 Å². The lowest BCUT2D eigenvalue weighted by molar-refractivity contribution is 1.41. The summed E-state index contributed by atoms with van der Waals surface area (Å²) in [6.45, 7) is 6.04. The van der Waals surface area contributed by atoms with Crippen LogP contribution in [0.3, 0.4) is 0 Å². The van der Waals surface area contributed by atoms with Gasteiger partial charge in [-0.1, -0.05) is 62.4 Å². The molecular formula is C18H22N2. The molecular weight excluding hydrogens is 244 g/mol. The Balaban J connectivity index is 0.000000956. The molecule has 2 rings (SSSR count). The van der Waals surface area contributed by atoms with Crippen LogP contribution in [0.25, 0.3) is 6.08 Å². The van der Waals surface area contributed by atoms with Gasteiger partial charge in [-0.05, 0) is 36.3 Å². The predicted molar refractivity (Wildman–Crippen MR) is 89.3 cm³/mol. The fourth-order valence-corrected chi connectivity index (χ4v) is 1.63. The van der Waals surface area contributed by atoms with Crippen molar-refractivity contribution < 1.29 is 0 Å². The van der Waals surface area contributed by atoms with E-state index in [9.17, 15) is 0 Å². The van der Waals surface area contributed by atoms with Crippen LogP contribution in [0.15, 0.2) is 65.7 Å². The monoisotopic (exact) mass is 266 g/mol. The van der Waals surface area contributed by atoms with E-state index in [0.29, 0.717) is 5.84 Å². The summed E-state index contributed by atoms with van der Waals surface area (Å²) in [5, 5.41) is 0. The van der Waals surface area contributed by atoms with Crippen LogP contribution in [0.1, 0.15) is 25.0 Å². The molecule has 2 aromatic carbocycles. The van der Waals surface area contributed by atoms with Gasteiger partial charge in [0.2, 0.25) is 0 Å². The van der Waals surface area contributed by atoms with Gasteiger partial charge in [-0.2, -0.15) is 0 Å². The second-order valence-corrected chi connectivity index (χ2v) is 4.12. The van der Waals surface area contributed by atoms with Gasteiger partial charge < -0.3 is 5.73 Å². The van der Waals surface area contributed by atoms with Crippen molar-refractivity contribution in [2.75, 3.05) is 0 Å². The fourth-order valence-electron chi connectivity index (χ4n) is 1.63. The Morgan fingerprint density at radius 3 is 2.35 bits per heavy atom. The maximum Gasteiger partial charge on any atom is 0.124 e. The van der Waals surface area contributed by atoms with Crippen LogP contribution in [0, 0.1) is 6.92 Å². The lowest BCUT2D eigenvalue weighted by Gasteiger charge is -1.97. The van der Waals surface area contributed by atoms with Crippen LogP contribution in [0.4, 0.5) is 5.69 Å². The molecule has 0 spiro atoms. The van der Waals surface area contributed by atoms with Crippen molar-refractivity contribution in [2.24, 2.45) is 10.7 Å². The first-order valence-corrected chi connectivity index (χ1v) is 6.88. The van der Waals surface area contributed by atoms with Crippen molar-refractivity contribution in [3.63, 3.8) is 0 Å². The maximum atomic E-state index is 5.87. The summed E-state index contributed by atoms with van der Waals surface area (Å²) in [4.78, 5) is 4.34. The summed E-state index contributed by atoms with van der Waals surface area (Å²) in [6.07, 6.45) is 3.77. The molecule has 0 aromatic heterocycles. The van der Waals surface area contributed by atoms with E-state index in [1.165, 1.54) is 5.56 Å². The van der Waals surface area contributed by atoms with E-state index in [0.717, 1.165) is 11.3 Å². The van der Waals surface area contributed by atoms with E-state index >= 15 is 0 Å². The second kappa shape index (κ2) is 8.70. The first-order chi connectivity index (χ1) is 9.74. The number of aliphatic imine (C=N–C) groups is 1. The van der Waals surface area contributed by atoms with E-state index in [-0.39, 0.29) is 0 Å². The van der Waals surface area contributed by atoms with Crippen molar-refractivity contribution in [3.05, 3.63) is 71.8 Å². The first kappa shape index (κ1) is 15.7. The number of nitrogens with two attached hydrogens (primary N) is 1. The standard InChI is InChI=1S/C16H16N2.C2H6/c1-13-6-5-9-15(12-13)18-16(17)11-10-14-7-3-2-4-8-14;1-2/h2-12H,1H3,(H2,17,18);1-2H3/b11-10+;. The molecule has 0 aliphatic carbocycles. The number of amidine groups is 1. The molecule has 20 heavy (non-hydrogen) atoms. The van der Waals surface area contributed by atoms with Gasteiger partial charge in [0.25, 0.3) is 0 Å². The molecule has 2 heteroatoms. The average molecular weight is 266 g/mol. The van der Waals surface area contributed by atoms with E-state index < -0.39 is 0 Å². The number of nitrogens with zero attached hydrogens (tertiary/aromatic N) is 1. The minimum absolute atomic E-state index is 0.504. The Kier molecular flexibility index (Phi) is 6.83. The summed E-state index contributed by atoms with van der Waals surface area (Å²) in [5.74, 6) is 0.504. The Hall–Kier alpha value is -2.35. The quantitative estimate of drug-likeness (QED) is 0.633. The minimum Gasteiger partial charge on any atom is -0.384 e. The van der Waals surface area contributed by atoms with Crippen LogP contribution in [0.5, 0.6) is 0 Å². The van der Waals surface area contributed by atoms with Gasteiger partial charge in [-0.3, -0.25) is 0 Å². The topological polar surface area (TPSA) is 38.4 Å². The molecule has 0 heterocycles. The summed E-state index contributed by atoms with van der Waals surface area (Å²) in [5.41, 5.74) is 9.03. The van der Waals surface area contributed by atoms with Gasteiger partial charge in [0.15, 0.2) is 0 Å². The van der Waals surface area contributed by atoms with Crippen LogP contribution in [-0.4, -0.2) is 5.84 Å². The molecule has 2 nitrogen and oxygen atoms in total. The third-order valence-corrected chi connectivity index (χ3v) is 2.51. The van der Waals surface area contributed by atoms with Gasteiger partial charge in [0.1, 0.15) is 5.84 Å². The van der Waals surface area contributed by atoms with E-state index in [1.54, 1.807) is 0 Å². The van der Waals surface area contributed by atoms with Crippen molar-refractivity contribution in [1.82, 2.24) is 0 Å². The molecule has 104 valence electrons. The zero-order chi connectivity index (χ0) is 14.8. The zero-order valence-electron chi connectivity index (χ0n) is 12.4. The van der Waals surface area contributed by atoms with Crippen LogP contribution in [-0.2, 0) is 0 Å². The Morgan fingerprint density at radius 1 is 1.00 bits per heavy atom. The third kappa shape index (κ3) is 5.53. The van der Waals surface area contributed by atoms with Gasteiger partial charge >= 0.3 is 0 Å². The molecule has 0 atom stereocenters. The van der Waals surface area contributed by atoms with Crippen molar-refractivity contribution in [1.29, 1.82) is 0 Å². The van der Waals surface area contributed by atoms with E-state index in [2.05, 4.69) is 4.99 Å². The minimum atomic E-state index is 0.504. The molecule has 0 bridgehead atoms. The van der Waals surface area contributed by atoms with Gasteiger partial charge in [0, 0.05) is 0 Å². The van der Waals surface area contributed by atoms with Crippen LogP contribution in [0.2, 0.25) is 0 Å². The molecule has 0 aliphatic rings. The molecule has 0 saturated carbocycles. The highest BCUT2D eigenvalue weighted by Gasteiger charge is 1.91. The summed E-state index contributed by atoms with van der Waals surface area (Å²) >= 11 is 0. The van der Waals surface area contributed by atoms with Gasteiger partial charge in [-0.25, -0.2) is 4.99 Å². The van der Waals surface area contributed by atoms with E-state index in [4.69, 9.17) is 5.73 Å². The highest BCUT2D eigenvalue weighted by Crippen LogP contribution is 2.13. The fraction of sp³-hybridized carbons (Fsp3) is 0.167. The lowest BCUT2D eigenvalue weighted by Crippen LogP contribution is -2.06. The van der Waals surface area contributed by atoms with Crippen LogP contribution < -0.4 is 5.73 Å². The molecule has 0 unspecified atom stereocenters. The number of rotatable bonds is 3. The average Bonchev–Trinajstić information content (AvgIpc) is 2.48. The smallest absolute Gasteiger partial charge is 0.124 e. The molecule has 0 amide bonds. The molecule has 0 fully saturated rings. The van der Waals surface area contributed by atoms with Crippen molar-refractivity contribution in [2.45, 2.75) is 20.8 Å². The predicted octanol–water partition coefficient (Wildman–Crippen LogP) is 4.72. The molecule has 0 aliphatic heterocycles. The Labute approximate surface area is 121 Å². The van der Waals surface area contributed by atoms with E-state index in [1.807, 2.05) is 87.5 Å². The maximum absolute atomic E-state index is 5.87. The summed E-state index contributed by atoms with van der Waals surface area (Å²) in [7, 11) is 0. The first-order valence-electron chi connectivity index (χ1n) is 6.88. The third-order valence-electron chi connectivity index (χ3n) is 2.51. The molecule has 2 N–H and O–H groups in total.